The lowest BCUT2D eigenvalue weighted by Gasteiger charge is -2.29. The highest BCUT2D eigenvalue weighted by atomic mass is 16.5. The number of carbonyl (C=O) groups is 1. The Labute approximate surface area is 165 Å². The minimum Gasteiger partial charge on any atom is -0.462 e. The van der Waals surface area contributed by atoms with Gasteiger partial charge >= 0.3 is 5.97 Å². The largest absolute Gasteiger partial charge is 0.462 e. The number of aromatic nitrogens is 1. The third kappa shape index (κ3) is 3.79. The Morgan fingerprint density at radius 2 is 1.82 bits per heavy atom. The molecule has 1 fully saturated rings. The number of para-hydroxylation sites is 1. The van der Waals surface area contributed by atoms with Gasteiger partial charge in [-0.05, 0) is 56.5 Å². The SMILES string of the molecule is CCOC(=O)c1cnc2ccccc2c1Nc1ccc(N2CCCCC2)cc1. The number of nitrogens with one attached hydrogen (secondary N) is 1. The fourth-order valence-electron chi connectivity index (χ4n) is 3.69. The number of fused-ring (bicyclic) bond motifs is 1. The standard InChI is InChI=1S/C23H25N3O2/c1-2-28-23(27)20-16-24-21-9-5-4-8-19(21)22(20)25-17-10-12-18(13-11-17)26-14-6-3-7-15-26/h4-5,8-13,16H,2-3,6-7,14-15H2,1H3,(H,24,25). The van der Waals surface area contributed by atoms with Crippen LogP contribution in [0.4, 0.5) is 17.1 Å². The van der Waals surface area contributed by atoms with Gasteiger partial charge in [0.2, 0.25) is 0 Å². The molecule has 144 valence electrons. The van der Waals surface area contributed by atoms with Crippen molar-refractivity contribution < 1.29 is 9.53 Å². The van der Waals surface area contributed by atoms with Crippen LogP contribution in [-0.2, 0) is 4.74 Å². The molecule has 0 radical (unpaired) electrons. The van der Waals surface area contributed by atoms with Gasteiger partial charge < -0.3 is 15.0 Å². The first-order valence-electron chi connectivity index (χ1n) is 9.93. The highest BCUT2D eigenvalue weighted by Gasteiger charge is 2.17. The molecule has 1 aromatic heterocycles. The monoisotopic (exact) mass is 375 g/mol. The van der Waals surface area contributed by atoms with Crippen molar-refractivity contribution in [3.05, 3.63) is 60.3 Å². The summed E-state index contributed by atoms with van der Waals surface area (Å²) in [6.07, 6.45) is 5.42. The van der Waals surface area contributed by atoms with Crippen LogP contribution in [-0.4, -0.2) is 30.6 Å². The average molecular weight is 375 g/mol. The van der Waals surface area contributed by atoms with E-state index in [9.17, 15) is 4.79 Å². The summed E-state index contributed by atoms with van der Waals surface area (Å²) in [5.41, 5.74) is 4.19. The maximum Gasteiger partial charge on any atom is 0.341 e. The molecule has 0 atom stereocenters. The zero-order chi connectivity index (χ0) is 19.3. The lowest BCUT2D eigenvalue weighted by atomic mass is 10.1. The van der Waals surface area contributed by atoms with Crippen LogP contribution in [0, 0.1) is 0 Å². The zero-order valence-corrected chi connectivity index (χ0v) is 16.1. The van der Waals surface area contributed by atoms with Crippen molar-refractivity contribution in [2.45, 2.75) is 26.2 Å². The molecule has 1 N–H and O–H groups in total. The van der Waals surface area contributed by atoms with Crippen molar-refractivity contribution >= 4 is 33.9 Å². The van der Waals surface area contributed by atoms with Crippen molar-refractivity contribution in [1.82, 2.24) is 4.98 Å². The van der Waals surface area contributed by atoms with E-state index in [1.807, 2.05) is 24.3 Å². The minimum absolute atomic E-state index is 0.329. The second kappa shape index (κ2) is 8.30. The van der Waals surface area contributed by atoms with Crippen molar-refractivity contribution in [1.29, 1.82) is 0 Å². The van der Waals surface area contributed by atoms with Gasteiger partial charge in [0.05, 0.1) is 17.8 Å². The molecule has 0 amide bonds. The van der Waals surface area contributed by atoms with Gasteiger partial charge in [-0.3, -0.25) is 4.98 Å². The van der Waals surface area contributed by atoms with Crippen LogP contribution in [0.2, 0.25) is 0 Å². The van der Waals surface area contributed by atoms with E-state index in [-0.39, 0.29) is 5.97 Å². The van der Waals surface area contributed by atoms with E-state index >= 15 is 0 Å². The fraction of sp³-hybridized carbons (Fsp3) is 0.304. The molecule has 1 aliphatic rings. The number of anilines is 3. The second-order valence-corrected chi connectivity index (χ2v) is 7.00. The Bertz CT molecular complexity index is 963. The van der Waals surface area contributed by atoms with Gasteiger partial charge in [0, 0.05) is 36.0 Å². The summed E-state index contributed by atoms with van der Waals surface area (Å²) in [6.45, 7) is 4.37. The molecule has 0 unspecified atom stereocenters. The fourth-order valence-corrected chi connectivity index (χ4v) is 3.69. The van der Waals surface area contributed by atoms with Crippen LogP contribution < -0.4 is 10.2 Å². The van der Waals surface area contributed by atoms with Gasteiger partial charge in [-0.15, -0.1) is 0 Å². The zero-order valence-electron chi connectivity index (χ0n) is 16.1. The number of ether oxygens (including phenoxy) is 1. The van der Waals surface area contributed by atoms with Gasteiger partial charge in [0.25, 0.3) is 0 Å². The number of carbonyl (C=O) groups excluding carboxylic acids is 1. The molecule has 1 aliphatic heterocycles. The Morgan fingerprint density at radius 1 is 1.07 bits per heavy atom. The first-order chi connectivity index (χ1) is 13.8. The summed E-state index contributed by atoms with van der Waals surface area (Å²) in [7, 11) is 0. The van der Waals surface area contributed by atoms with E-state index in [1.54, 1.807) is 13.1 Å². The maximum atomic E-state index is 12.5. The van der Waals surface area contributed by atoms with E-state index < -0.39 is 0 Å². The maximum absolute atomic E-state index is 12.5. The number of pyridine rings is 1. The predicted molar refractivity (Wildman–Crippen MR) is 113 cm³/mol. The highest BCUT2D eigenvalue weighted by molar-refractivity contribution is 6.06. The Hall–Kier alpha value is -3.08. The van der Waals surface area contributed by atoms with Gasteiger partial charge in [0.1, 0.15) is 5.56 Å². The topological polar surface area (TPSA) is 54.5 Å². The number of benzene rings is 2. The van der Waals surface area contributed by atoms with Crippen LogP contribution in [0.1, 0.15) is 36.5 Å². The summed E-state index contributed by atoms with van der Waals surface area (Å²) >= 11 is 0. The summed E-state index contributed by atoms with van der Waals surface area (Å²) in [5.74, 6) is -0.367. The summed E-state index contributed by atoms with van der Waals surface area (Å²) in [6, 6.07) is 16.2. The molecule has 4 rings (SSSR count). The van der Waals surface area contributed by atoms with E-state index in [0.717, 1.165) is 35.4 Å². The summed E-state index contributed by atoms with van der Waals surface area (Å²) < 4.78 is 5.23. The first-order valence-corrected chi connectivity index (χ1v) is 9.93. The van der Waals surface area contributed by atoms with Crippen molar-refractivity contribution in [3.63, 3.8) is 0 Å². The van der Waals surface area contributed by atoms with Crippen molar-refractivity contribution in [2.24, 2.45) is 0 Å². The molecule has 0 spiro atoms. The molecule has 5 nitrogen and oxygen atoms in total. The smallest absolute Gasteiger partial charge is 0.341 e. The van der Waals surface area contributed by atoms with E-state index in [2.05, 4.69) is 39.5 Å². The van der Waals surface area contributed by atoms with E-state index in [0.29, 0.717) is 12.2 Å². The second-order valence-electron chi connectivity index (χ2n) is 7.00. The Kier molecular flexibility index (Phi) is 5.42. The molecule has 2 aromatic carbocycles. The quantitative estimate of drug-likeness (QED) is 0.625. The minimum atomic E-state index is -0.367. The Balaban J connectivity index is 1.66. The van der Waals surface area contributed by atoms with Crippen LogP contribution in [0.3, 0.4) is 0 Å². The van der Waals surface area contributed by atoms with Crippen molar-refractivity contribution in [3.8, 4) is 0 Å². The third-order valence-corrected chi connectivity index (χ3v) is 5.13. The molecular weight excluding hydrogens is 350 g/mol. The Morgan fingerprint density at radius 3 is 2.57 bits per heavy atom. The van der Waals surface area contributed by atoms with Crippen molar-refractivity contribution in [2.75, 3.05) is 29.9 Å². The first kappa shape index (κ1) is 18.3. The molecule has 5 heteroatoms. The molecule has 1 saturated heterocycles. The molecule has 2 heterocycles. The molecule has 28 heavy (non-hydrogen) atoms. The summed E-state index contributed by atoms with van der Waals surface area (Å²) in [5, 5.41) is 4.32. The number of piperidine rings is 1. The molecule has 0 saturated carbocycles. The molecule has 0 aliphatic carbocycles. The number of hydrogen-bond acceptors (Lipinski definition) is 5. The highest BCUT2D eigenvalue weighted by Crippen LogP contribution is 2.30. The lowest BCUT2D eigenvalue weighted by Crippen LogP contribution is -2.29. The molecule has 3 aromatic rings. The number of nitrogens with zero attached hydrogens (tertiary/aromatic N) is 2. The van der Waals surface area contributed by atoms with Crippen LogP contribution in [0.25, 0.3) is 10.9 Å². The number of hydrogen-bond donors (Lipinski definition) is 1. The van der Waals surface area contributed by atoms with Crippen LogP contribution >= 0.6 is 0 Å². The van der Waals surface area contributed by atoms with Crippen LogP contribution in [0.15, 0.2) is 54.7 Å². The molecular formula is C23H25N3O2. The van der Waals surface area contributed by atoms with Crippen LogP contribution in [0.5, 0.6) is 0 Å². The summed E-state index contributed by atoms with van der Waals surface area (Å²) in [4.78, 5) is 19.3. The van der Waals surface area contributed by atoms with Gasteiger partial charge in [-0.25, -0.2) is 4.79 Å². The number of rotatable bonds is 5. The predicted octanol–water partition coefficient (Wildman–Crippen LogP) is 5.15. The van der Waals surface area contributed by atoms with Gasteiger partial charge in [0.15, 0.2) is 0 Å². The lowest BCUT2D eigenvalue weighted by molar-refractivity contribution is 0.0527. The molecule has 0 bridgehead atoms. The van der Waals surface area contributed by atoms with E-state index in [1.165, 1.54) is 24.9 Å². The third-order valence-electron chi connectivity index (χ3n) is 5.13. The van der Waals surface area contributed by atoms with Gasteiger partial charge in [-0.2, -0.15) is 0 Å². The van der Waals surface area contributed by atoms with Gasteiger partial charge in [-0.1, -0.05) is 18.2 Å². The van der Waals surface area contributed by atoms with E-state index in [4.69, 9.17) is 4.74 Å². The number of esters is 1. The average Bonchev–Trinajstić information content (AvgIpc) is 2.75. The normalized spacial score (nSPS) is 14.1.